The monoisotopic (exact) mass is 268 g/mol. The number of hydrogen-bond donors (Lipinski definition) is 1. The summed E-state index contributed by atoms with van der Waals surface area (Å²) in [6.45, 7) is 4.78. The lowest BCUT2D eigenvalue weighted by atomic mass is 10.3. The molecule has 19 heavy (non-hydrogen) atoms. The predicted octanol–water partition coefficient (Wildman–Crippen LogP) is 2.34. The maximum Gasteiger partial charge on any atom is 0.332 e. The highest BCUT2D eigenvalue weighted by molar-refractivity contribution is 5.71. The molecular weight excluding hydrogens is 248 g/mol. The van der Waals surface area contributed by atoms with Crippen LogP contribution in [0.25, 0.3) is 0 Å². The Morgan fingerprint density at radius 1 is 1.11 bits per heavy atom. The van der Waals surface area contributed by atoms with Crippen molar-refractivity contribution in [1.82, 2.24) is 0 Å². The molecule has 0 aliphatic carbocycles. The van der Waals surface area contributed by atoms with Crippen molar-refractivity contribution >= 4 is 5.97 Å². The van der Waals surface area contributed by atoms with Crippen molar-refractivity contribution in [3.8, 4) is 11.5 Å². The van der Waals surface area contributed by atoms with E-state index in [0.717, 1.165) is 12.2 Å². The van der Waals surface area contributed by atoms with E-state index >= 15 is 0 Å². The summed E-state index contributed by atoms with van der Waals surface area (Å²) >= 11 is 0. The number of hydrogen-bond acceptors (Lipinski definition) is 4. The molecule has 0 aliphatic heterocycles. The van der Waals surface area contributed by atoms with E-state index in [1.807, 2.05) is 24.3 Å². The molecule has 5 nitrogen and oxygen atoms in total. The molecule has 1 atom stereocenters. The molecule has 0 aromatic heterocycles. The van der Waals surface area contributed by atoms with E-state index < -0.39 is 12.1 Å². The quantitative estimate of drug-likeness (QED) is 0.696. The zero-order valence-corrected chi connectivity index (χ0v) is 11.3. The second kappa shape index (κ2) is 8.37. The van der Waals surface area contributed by atoms with Crippen LogP contribution in [0.3, 0.4) is 0 Å². The number of rotatable bonds is 9. The first-order valence-corrected chi connectivity index (χ1v) is 6.33. The van der Waals surface area contributed by atoms with Gasteiger partial charge in [0.2, 0.25) is 0 Å². The lowest BCUT2D eigenvalue weighted by Gasteiger charge is -2.10. The van der Waals surface area contributed by atoms with Gasteiger partial charge in [0.05, 0.1) is 13.2 Å². The SMILES string of the molecule is CCCOc1ccc(OCCOC(C)C(=O)O)cc1. The van der Waals surface area contributed by atoms with Gasteiger partial charge in [0.1, 0.15) is 18.1 Å². The largest absolute Gasteiger partial charge is 0.494 e. The van der Waals surface area contributed by atoms with Gasteiger partial charge in [-0.3, -0.25) is 0 Å². The van der Waals surface area contributed by atoms with Crippen molar-refractivity contribution in [2.75, 3.05) is 19.8 Å². The summed E-state index contributed by atoms with van der Waals surface area (Å²) in [5.41, 5.74) is 0. The third-order valence-electron chi connectivity index (χ3n) is 2.36. The first kappa shape index (κ1) is 15.3. The normalized spacial score (nSPS) is 11.9. The number of ether oxygens (including phenoxy) is 3. The van der Waals surface area contributed by atoms with Crippen molar-refractivity contribution in [2.24, 2.45) is 0 Å². The molecule has 0 aliphatic rings. The summed E-state index contributed by atoms with van der Waals surface area (Å²) in [6, 6.07) is 7.30. The minimum Gasteiger partial charge on any atom is -0.494 e. The van der Waals surface area contributed by atoms with E-state index in [0.29, 0.717) is 19.0 Å². The number of carboxylic acids is 1. The summed E-state index contributed by atoms with van der Waals surface area (Å²) < 4.78 is 15.9. The van der Waals surface area contributed by atoms with Crippen molar-refractivity contribution in [3.05, 3.63) is 24.3 Å². The molecule has 106 valence electrons. The number of carboxylic acid groups (broad SMARTS) is 1. The highest BCUT2D eigenvalue weighted by Crippen LogP contribution is 2.17. The van der Waals surface area contributed by atoms with E-state index in [1.54, 1.807) is 0 Å². The first-order chi connectivity index (χ1) is 9.13. The van der Waals surface area contributed by atoms with Gasteiger partial charge in [-0.15, -0.1) is 0 Å². The first-order valence-electron chi connectivity index (χ1n) is 6.33. The van der Waals surface area contributed by atoms with Gasteiger partial charge in [0, 0.05) is 0 Å². The Balaban J connectivity index is 2.24. The van der Waals surface area contributed by atoms with Crippen LogP contribution in [0, 0.1) is 0 Å². The third kappa shape index (κ3) is 6.10. The van der Waals surface area contributed by atoms with Gasteiger partial charge in [-0.2, -0.15) is 0 Å². The molecule has 0 radical (unpaired) electrons. The molecule has 0 saturated carbocycles. The van der Waals surface area contributed by atoms with E-state index in [2.05, 4.69) is 6.92 Å². The van der Waals surface area contributed by atoms with Crippen molar-refractivity contribution in [3.63, 3.8) is 0 Å². The van der Waals surface area contributed by atoms with Crippen LogP contribution < -0.4 is 9.47 Å². The zero-order chi connectivity index (χ0) is 14.1. The molecule has 0 bridgehead atoms. The van der Waals surface area contributed by atoms with Crippen LogP contribution in [0.2, 0.25) is 0 Å². The molecular formula is C14H20O5. The van der Waals surface area contributed by atoms with Crippen LogP contribution in [-0.4, -0.2) is 37.0 Å². The minimum absolute atomic E-state index is 0.238. The number of carbonyl (C=O) groups is 1. The Hall–Kier alpha value is -1.75. The van der Waals surface area contributed by atoms with E-state index in [9.17, 15) is 4.79 Å². The van der Waals surface area contributed by atoms with Crippen LogP contribution in [0.15, 0.2) is 24.3 Å². The van der Waals surface area contributed by atoms with Crippen LogP contribution in [0.1, 0.15) is 20.3 Å². The zero-order valence-electron chi connectivity index (χ0n) is 11.3. The summed E-state index contributed by atoms with van der Waals surface area (Å²) in [7, 11) is 0. The molecule has 0 fully saturated rings. The summed E-state index contributed by atoms with van der Waals surface area (Å²) in [5.74, 6) is 0.540. The van der Waals surface area contributed by atoms with E-state index in [-0.39, 0.29) is 6.61 Å². The van der Waals surface area contributed by atoms with Gasteiger partial charge in [0.25, 0.3) is 0 Å². The van der Waals surface area contributed by atoms with Gasteiger partial charge in [-0.05, 0) is 37.6 Å². The molecule has 0 heterocycles. The Labute approximate surface area is 113 Å². The van der Waals surface area contributed by atoms with Crippen molar-refractivity contribution < 1.29 is 24.1 Å². The molecule has 1 aromatic rings. The summed E-state index contributed by atoms with van der Waals surface area (Å²) in [5, 5.41) is 8.62. The third-order valence-corrected chi connectivity index (χ3v) is 2.36. The predicted molar refractivity (Wildman–Crippen MR) is 70.8 cm³/mol. The average molecular weight is 268 g/mol. The summed E-state index contributed by atoms with van der Waals surface area (Å²) in [6.07, 6.45) is 0.158. The Bertz CT molecular complexity index is 374. The second-order valence-electron chi connectivity index (χ2n) is 4.02. The lowest BCUT2D eigenvalue weighted by Crippen LogP contribution is -2.22. The molecule has 5 heteroatoms. The van der Waals surface area contributed by atoms with Crippen LogP contribution in [0.4, 0.5) is 0 Å². The Morgan fingerprint density at radius 2 is 1.63 bits per heavy atom. The number of aliphatic carboxylic acids is 1. The van der Waals surface area contributed by atoms with Crippen molar-refractivity contribution in [1.29, 1.82) is 0 Å². The van der Waals surface area contributed by atoms with Crippen LogP contribution in [0.5, 0.6) is 11.5 Å². The molecule has 1 unspecified atom stereocenters. The summed E-state index contributed by atoms with van der Waals surface area (Å²) in [4.78, 5) is 10.5. The fraction of sp³-hybridized carbons (Fsp3) is 0.500. The smallest absolute Gasteiger partial charge is 0.332 e. The Kier molecular flexibility index (Phi) is 6.74. The van der Waals surface area contributed by atoms with Crippen LogP contribution in [-0.2, 0) is 9.53 Å². The molecule has 0 saturated heterocycles. The van der Waals surface area contributed by atoms with Gasteiger partial charge in [-0.25, -0.2) is 4.79 Å². The van der Waals surface area contributed by atoms with Gasteiger partial charge in [0.15, 0.2) is 6.10 Å². The second-order valence-corrected chi connectivity index (χ2v) is 4.02. The molecule has 1 rings (SSSR count). The van der Waals surface area contributed by atoms with Crippen molar-refractivity contribution in [2.45, 2.75) is 26.4 Å². The fourth-order valence-corrected chi connectivity index (χ4v) is 1.31. The van der Waals surface area contributed by atoms with Gasteiger partial charge < -0.3 is 19.3 Å². The average Bonchev–Trinajstić information content (AvgIpc) is 2.42. The molecule has 0 spiro atoms. The highest BCUT2D eigenvalue weighted by Gasteiger charge is 2.10. The maximum absolute atomic E-state index is 10.5. The van der Waals surface area contributed by atoms with E-state index in [4.69, 9.17) is 19.3 Å². The fourth-order valence-electron chi connectivity index (χ4n) is 1.31. The Morgan fingerprint density at radius 3 is 2.11 bits per heavy atom. The topological polar surface area (TPSA) is 65.0 Å². The lowest BCUT2D eigenvalue weighted by molar-refractivity contribution is -0.149. The molecule has 1 aromatic carbocycles. The number of benzene rings is 1. The highest BCUT2D eigenvalue weighted by atomic mass is 16.5. The molecule has 1 N–H and O–H groups in total. The van der Waals surface area contributed by atoms with Gasteiger partial charge >= 0.3 is 5.97 Å². The maximum atomic E-state index is 10.5. The minimum atomic E-state index is -0.975. The standard InChI is InChI=1S/C14H20O5/c1-3-8-18-12-4-6-13(7-5-12)19-10-9-17-11(2)14(15)16/h4-7,11H,3,8-10H2,1-2H3,(H,15,16). The van der Waals surface area contributed by atoms with Gasteiger partial charge in [-0.1, -0.05) is 6.92 Å². The van der Waals surface area contributed by atoms with Crippen LogP contribution >= 0.6 is 0 Å². The molecule has 0 amide bonds. The van der Waals surface area contributed by atoms with E-state index in [1.165, 1.54) is 6.92 Å².